The van der Waals surface area contributed by atoms with Crippen molar-refractivity contribution in [2.75, 3.05) is 0 Å². The van der Waals surface area contributed by atoms with Gasteiger partial charge in [0, 0.05) is 0 Å². The van der Waals surface area contributed by atoms with Gasteiger partial charge in [-0.25, -0.2) is 0 Å². The number of thioether (sulfide) groups is 2. The summed E-state index contributed by atoms with van der Waals surface area (Å²) in [6, 6.07) is 7.42. The zero-order valence-electron chi connectivity index (χ0n) is 7.88. The van der Waals surface area contributed by atoms with Crippen molar-refractivity contribution >= 4 is 56.4 Å². The highest BCUT2D eigenvalue weighted by Gasteiger charge is 2.27. The van der Waals surface area contributed by atoms with Gasteiger partial charge in [-0.05, 0) is 17.7 Å². The number of phenolic OH excluding ortho intramolecular Hbond substituents is 1. The molecule has 0 radical (unpaired) electrons. The highest BCUT2D eigenvalue weighted by atomic mass is 32.9. The molecule has 1 aromatic carbocycles. The largest absolute Gasteiger partial charge is 0.508 e. The lowest BCUT2D eigenvalue weighted by molar-refractivity contribution is 0.475. The Bertz CT molecular complexity index is 568. The molecule has 82 valence electrons. The summed E-state index contributed by atoms with van der Waals surface area (Å²) in [5, 5.41) is 9.25. The number of benzene rings is 1. The Morgan fingerprint density at radius 3 is 2.50 bits per heavy atom. The molecule has 2 heterocycles. The number of hydrogen-bond donors (Lipinski definition) is 1. The van der Waals surface area contributed by atoms with Gasteiger partial charge in [-0.2, -0.15) is 0 Å². The normalized spacial score (nSPS) is 18.6. The maximum atomic E-state index is 9.25. The van der Waals surface area contributed by atoms with E-state index < -0.39 is 0 Å². The van der Waals surface area contributed by atoms with Crippen molar-refractivity contribution in [1.82, 2.24) is 0 Å². The van der Waals surface area contributed by atoms with Crippen LogP contribution in [0.4, 0.5) is 0 Å². The molecule has 0 spiro atoms. The van der Waals surface area contributed by atoms with Crippen LogP contribution < -0.4 is 0 Å². The van der Waals surface area contributed by atoms with E-state index in [1.165, 1.54) is 14.7 Å². The van der Waals surface area contributed by atoms with Gasteiger partial charge in [0.15, 0.2) is 0 Å². The van der Waals surface area contributed by atoms with Gasteiger partial charge >= 0.3 is 0 Å². The van der Waals surface area contributed by atoms with Crippen LogP contribution in [0.1, 0.15) is 10.1 Å². The second kappa shape index (κ2) is 4.34. The van der Waals surface area contributed by atoms with E-state index in [0.29, 0.717) is 10.3 Å². The van der Waals surface area contributed by atoms with Gasteiger partial charge in [0.1, 0.15) is 9.57 Å². The van der Waals surface area contributed by atoms with Gasteiger partial charge in [0.25, 0.3) is 0 Å². The van der Waals surface area contributed by atoms with Crippen molar-refractivity contribution < 1.29 is 5.11 Å². The molecule has 1 aliphatic rings. The second-order valence-electron chi connectivity index (χ2n) is 3.23. The minimum absolute atomic E-state index is 0.317. The van der Waals surface area contributed by atoms with Gasteiger partial charge in [-0.15, -0.1) is 11.8 Å². The molecule has 6 heteroatoms. The monoisotopic (exact) mass is 302 g/mol. The molecule has 0 bridgehead atoms. The quantitative estimate of drug-likeness (QED) is 0.581. The summed E-state index contributed by atoms with van der Waals surface area (Å²) in [6.07, 6.45) is 0. The van der Waals surface area contributed by atoms with Gasteiger partial charge in [0.2, 0.25) is 0 Å². The van der Waals surface area contributed by atoms with Crippen LogP contribution in [-0.4, -0.2) is 5.11 Å². The van der Waals surface area contributed by atoms with Crippen LogP contribution in [0.25, 0.3) is 0 Å². The topological polar surface area (TPSA) is 20.2 Å². The second-order valence-corrected chi connectivity index (χ2v) is 8.83. The molecule has 0 amide bonds. The van der Waals surface area contributed by atoms with Crippen LogP contribution in [0.15, 0.2) is 33.4 Å². The van der Waals surface area contributed by atoms with E-state index in [-0.39, 0.29) is 0 Å². The summed E-state index contributed by atoms with van der Waals surface area (Å²) in [4.78, 5) is 1.27. The van der Waals surface area contributed by atoms with Crippen molar-refractivity contribution in [3.05, 3.63) is 33.7 Å². The third-order valence-corrected chi connectivity index (χ3v) is 8.97. The van der Waals surface area contributed by atoms with E-state index in [1.54, 1.807) is 32.8 Å². The highest BCUT2D eigenvalue weighted by molar-refractivity contribution is 8.20. The molecule has 3 rings (SSSR count). The number of aromatic hydroxyl groups is 1. The molecule has 0 unspecified atom stereocenters. The fourth-order valence-corrected chi connectivity index (χ4v) is 8.27. The fourth-order valence-electron chi connectivity index (χ4n) is 1.40. The van der Waals surface area contributed by atoms with Crippen molar-refractivity contribution in [3.63, 3.8) is 0 Å². The zero-order valence-corrected chi connectivity index (χ0v) is 12.0. The first-order chi connectivity index (χ1) is 7.74. The van der Waals surface area contributed by atoms with E-state index in [2.05, 4.69) is 0 Å². The molecule has 1 atom stereocenters. The molecule has 16 heavy (non-hydrogen) atoms. The fraction of sp³-hybridized carbons (Fsp3) is 0.100. The van der Waals surface area contributed by atoms with Crippen molar-refractivity contribution in [3.8, 4) is 5.75 Å². The molecule has 0 fully saturated rings. The molecule has 2 aromatic rings. The Hall–Kier alpha value is -0.0100. The molecule has 1 aromatic heterocycles. The van der Waals surface area contributed by atoms with Gasteiger partial charge in [0.05, 0.1) is 13.7 Å². The van der Waals surface area contributed by atoms with Gasteiger partial charge < -0.3 is 5.11 Å². The number of fused-ring (bicyclic) bond motifs is 1. The van der Waals surface area contributed by atoms with Crippen LogP contribution >= 0.6 is 56.4 Å². The average molecular weight is 302 g/mol. The van der Waals surface area contributed by atoms with E-state index in [9.17, 15) is 5.11 Å². The minimum atomic E-state index is 0.317. The van der Waals surface area contributed by atoms with Crippen molar-refractivity contribution in [1.29, 1.82) is 0 Å². The Labute approximate surface area is 114 Å². The molecule has 0 saturated heterocycles. The summed E-state index contributed by atoms with van der Waals surface area (Å²) < 4.78 is 2.74. The summed E-state index contributed by atoms with van der Waals surface area (Å²) >= 11 is 8.98. The molecular formula is C10H6OS5. The summed E-state index contributed by atoms with van der Waals surface area (Å²) in [6.45, 7) is 0. The summed E-state index contributed by atoms with van der Waals surface area (Å²) in [5.74, 6) is 0.317. The zero-order chi connectivity index (χ0) is 11.1. The third-order valence-electron chi connectivity index (χ3n) is 2.17. The van der Waals surface area contributed by atoms with Gasteiger partial charge in [-0.3, -0.25) is 0 Å². The first-order valence-electron chi connectivity index (χ1n) is 4.49. The summed E-state index contributed by atoms with van der Waals surface area (Å²) in [7, 11) is 3.45. The Kier molecular flexibility index (Phi) is 3.01. The molecular weight excluding hydrogens is 296 g/mol. The van der Waals surface area contributed by atoms with Crippen LogP contribution in [0, 0.1) is 3.82 Å². The molecule has 1 nitrogen and oxygen atoms in total. The number of hydrogen-bond acceptors (Lipinski definition) is 6. The lowest BCUT2D eigenvalue weighted by Gasteiger charge is -2.07. The van der Waals surface area contributed by atoms with E-state index in [1.807, 2.05) is 35.7 Å². The smallest absolute Gasteiger partial charge is 0.116 e. The molecule has 0 saturated carbocycles. The maximum Gasteiger partial charge on any atom is 0.116 e. The van der Waals surface area contributed by atoms with Gasteiger partial charge in [-0.1, -0.05) is 56.8 Å². The number of rotatable bonds is 1. The standard InChI is InChI=1S/C10H6OS5/c11-6-3-1-5(2-4-6)9-13-7-8(12)15-16-10(7)14-9/h1-4,9,11H/t9-/m1/s1. The number of phenols is 1. The van der Waals surface area contributed by atoms with Crippen molar-refractivity contribution in [2.45, 2.75) is 13.7 Å². The maximum absolute atomic E-state index is 9.25. The average Bonchev–Trinajstić information content (AvgIpc) is 2.83. The van der Waals surface area contributed by atoms with E-state index in [4.69, 9.17) is 12.2 Å². The van der Waals surface area contributed by atoms with E-state index in [0.717, 1.165) is 3.82 Å². The minimum Gasteiger partial charge on any atom is -0.508 e. The first kappa shape index (κ1) is 11.1. The Morgan fingerprint density at radius 2 is 1.81 bits per heavy atom. The van der Waals surface area contributed by atoms with Crippen LogP contribution in [0.3, 0.4) is 0 Å². The van der Waals surface area contributed by atoms with Crippen LogP contribution in [-0.2, 0) is 0 Å². The highest BCUT2D eigenvalue weighted by Crippen LogP contribution is 2.60. The predicted octanol–water partition coefficient (Wildman–Crippen LogP) is 5.14. The van der Waals surface area contributed by atoms with Crippen molar-refractivity contribution in [2.24, 2.45) is 0 Å². The molecule has 1 N–H and O–H groups in total. The summed E-state index contributed by atoms with van der Waals surface area (Å²) in [5.41, 5.74) is 1.23. The lowest BCUT2D eigenvalue weighted by Crippen LogP contribution is -1.82. The molecule has 1 aliphatic heterocycles. The Morgan fingerprint density at radius 1 is 1.06 bits per heavy atom. The predicted molar refractivity (Wildman–Crippen MR) is 75.6 cm³/mol. The molecule has 0 aliphatic carbocycles. The SMILES string of the molecule is Oc1ccc([C@H]2Sc3ssc(=S)c3S2)cc1. The Balaban J connectivity index is 1.91. The van der Waals surface area contributed by atoms with E-state index >= 15 is 0 Å². The first-order valence-corrected chi connectivity index (χ1v) is 8.81. The van der Waals surface area contributed by atoms with Crippen LogP contribution in [0.5, 0.6) is 5.75 Å². The lowest BCUT2D eigenvalue weighted by atomic mass is 10.2. The third kappa shape index (κ3) is 1.93. The van der Waals surface area contributed by atoms with Crippen LogP contribution in [0.2, 0.25) is 0 Å².